The normalized spacial score (nSPS) is 10.5. The molecule has 3 aromatic rings. The summed E-state index contributed by atoms with van der Waals surface area (Å²) in [5.41, 5.74) is 2.17. The molecule has 0 bridgehead atoms. The van der Waals surface area contributed by atoms with Crippen molar-refractivity contribution in [3.63, 3.8) is 0 Å². The van der Waals surface area contributed by atoms with Crippen LogP contribution >= 0.6 is 0 Å². The molecule has 0 saturated heterocycles. The largest absolute Gasteiger partial charge is 0.456 e. The maximum Gasteiger partial charge on any atom is 0.357 e. The number of hydrogen-bond acceptors (Lipinski definition) is 3. The molecule has 1 aromatic carbocycles. The van der Waals surface area contributed by atoms with Gasteiger partial charge in [-0.3, -0.25) is 0 Å². The second-order valence-electron chi connectivity index (χ2n) is 4.16. The minimum Gasteiger partial charge on any atom is -0.456 e. The molecule has 0 saturated carbocycles. The van der Waals surface area contributed by atoms with Crippen molar-refractivity contribution in [1.29, 1.82) is 0 Å². The van der Waals surface area contributed by atoms with E-state index in [2.05, 4.69) is 9.97 Å². The Labute approximate surface area is 110 Å². The van der Waals surface area contributed by atoms with Gasteiger partial charge in [0.2, 0.25) is 0 Å². The Morgan fingerprint density at radius 2 is 2.00 bits per heavy atom. The Balaban J connectivity index is 1.79. The lowest BCUT2D eigenvalue weighted by atomic mass is 10.2. The third-order valence-corrected chi connectivity index (χ3v) is 2.89. The van der Waals surface area contributed by atoms with Crippen LogP contribution in [0.3, 0.4) is 0 Å². The van der Waals surface area contributed by atoms with E-state index < -0.39 is 5.97 Å². The van der Waals surface area contributed by atoms with Crippen LogP contribution in [-0.4, -0.2) is 15.9 Å². The minimum atomic E-state index is -0.408. The zero-order valence-corrected chi connectivity index (χ0v) is 10.2. The summed E-state index contributed by atoms with van der Waals surface area (Å²) in [6.07, 6.45) is 3.37. The first-order valence-corrected chi connectivity index (χ1v) is 5.98. The Morgan fingerprint density at radius 3 is 2.84 bits per heavy atom. The van der Waals surface area contributed by atoms with Crippen LogP contribution < -0.4 is 0 Å². The summed E-state index contributed by atoms with van der Waals surface area (Å²) < 4.78 is 5.28. The first-order valence-electron chi connectivity index (χ1n) is 5.98. The average Bonchev–Trinajstić information content (AvgIpc) is 2.94. The minimum absolute atomic E-state index is 0.252. The number of fused-ring (bicyclic) bond motifs is 1. The van der Waals surface area contributed by atoms with Crippen molar-refractivity contribution in [2.45, 2.75) is 6.61 Å². The number of nitrogens with zero attached hydrogens (tertiary/aromatic N) is 1. The fourth-order valence-electron chi connectivity index (χ4n) is 1.94. The number of aromatic amines is 1. The van der Waals surface area contributed by atoms with E-state index >= 15 is 0 Å². The molecule has 0 atom stereocenters. The van der Waals surface area contributed by atoms with Crippen LogP contribution in [0.25, 0.3) is 10.9 Å². The zero-order valence-electron chi connectivity index (χ0n) is 10.2. The lowest BCUT2D eigenvalue weighted by molar-refractivity contribution is 0.0468. The second kappa shape index (κ2) is 4.94. The van der Waals surface area contributed by atoms with Crippen LogP contribution in [0.2, 0.25) is 0 Å². The van der Waals surface area contributed by atoms with E-state index in [1.807, 2.05) is 42.5 Å². The molecular weight excluding hydrogens is 240 g/mol. The van der Waals surface area contributed by atoms with Gasteiger partial charge in [-0.1, -0.05) is 30.3 Å². The van der Waals surface area contributed by atoms with E-state index in [-0.39, 0.29) is 6.61 Å². The predicted molar refractivity (Wildman–Crippen MR) is 71.7 cm³/mol. The summed E-state index contributed by atoms with van der Waals surface area (Å²) in [5, 5.41) is 0.778. The number of nitrogens with one attached hydrogen (secondary N) is 1. The molecule has 0 radical (unpaired) electrons. The van der Waals surface area contributed by atoms with Gasteiger partial charge in [-0.15, -0.1) is 0 Å². The molecule has 0 aliphatic heterocycles. The Morgan fingerprint density at radius 1 is 1.16 bits per heavy atom. The molecule has 0 aliphatic carbocycles. The predicted octanol–water partition coefficient (Wildman–Crippen LogP) is 2.92. The van der Waals surface area contributed by atoms with Crippen molar-refractivity contribution in [2.75, 3.05) is 0 Å². The molecule has 1 N–H and O–H groups in total. The van der Waals surface area contributed by atoms with Crippen molar-refractivity contribution >= 4 is 16.9 Å². The number of benzene rings is 1. The Hall–Kier alpha value is -2.62. The summed E-state index contributed by atoms with van der Waals surface area (Å²) in [6, 6.07) is 13.2. The molecule has 3 rings (SSSR count). The number of aromatic nitrogens is 2. The molecule has 0 fully saturated rings. The van der Waals surface area contributed by atoms with Crippen LogP contribution in [0.4, 0.5) is 0 Å². The van der Waals surface area contributed by atoms with Crippen LogP contribution in [-0.2, 0) is 11.3 Å². The molecule has 0 unspecified atom stereocenters. The third-order valence-electron chi connectivity index (χ3n) is 2.89. The second-order valence-corrected chi connectivity index (χ2v) is 4.16. The lowest BCUT2D eigenvalue weighted by Gasteiger charge is -2.05. The summed E-state index contributed by atoms with van der Waals surface area (Å²) in [5.74, 6) is -0.408. The molecule has 0 spiro atoms. The highest BCUT2D eigenvalue weighted by molar-refractivity contribution is 6.01. The maximum absolute atomic E-state index is 12.0. The number of pyridine rings is 1. The SMILES string of the molecule is O=C(OCc1ccccc1)c1nccc2[nH]ccc12. The molecule has 94 valence electrons. The number of ether oxygens (including phenoxy) is 1. The third kappa shape index (κ3) is 2.33. The van der Waals surface area contributed by atoms with Gasteiger partial charge >= 0.3 is 5.97 Å². The van der Waals surface area contributed by atoms with Crippen molar-refractivity contribution in [2.24, 2.45) is 0 Å². The highest BCUT2D eigenvalue weighted by Gasteiger charge is 2.13. The number of esters is 1. The van der Waals surface area contributed by atoms with E-state index in [9.17, 15) is 4.79 Å². The molecule has 2 heterocycles. The van der Waals surface area contributed by atoms with Gasteiger partial charge in [0, 0.05) is 23.3 Å². The van der Waals surface area contributed by atoms with E-state index in [0.717, 1.165) is 16.5 Å². The number of rotatable bonds is 3. The van der Waals surface area contributed by atoms with Gasteiger partial charge in [0.25, 0.3) is 0 Å². The van der Waals surface area contributed by atoms with Crippen molar-refractivity contribution < 1.29 is 9.53 Å². The van der Waals surface area contributed by atoms with Gasteiger partial charge in [0.1, 0.15) is 6.61 Å². The van der Waals surface area contributed by atoms with Gasteiger partial charge in [0.05, 0.1) is 0 Å². The molecule has 4 nitrogen and oxygen atoms in total. The lowest BCUT2D eigenvalue weighted by Crippen LogP contribution is -2.07. The first-order chi connectivity index (χ1) is 9.34. The Kier molecular flexibility index (Phi) is 2.98. The van der Waals surface area contributed by atoms with Crippen LogP contribution in [0.5, 0.6) is 0 Å². The molecular formula is C15H12N2O2. The molecule has 2 aromatic heterocycles. The molecule has 0 aliphatic rings. The van der Waals surface area contributed by atoms with Crippen molar-refractivity contribution in [3.8, 4) is 0 Å². The monoisotopic (exact) mass is 252 g/mol. The molecule has 4 heteroatoms. The summed E-state index contributed by atoms with van der Waals surface area (Å²) in [4.78, 5) is 19.2. The van der Waals surface area contributed by atoms with Crippen LogP contribution in [0.1, 0.15) is 16.1 Å². The van der Waals surface area contributed by atoms with Gasteiger partial charge in [-0.2, -0.15) is 0 Å². The number of carbonyl (C=O) groups is 1. The standard InChI is InChI=1S/C15H12N2O2/c18-15(19-10-11-4-2-1-3-5-11)14-12-6-8-16-13(12)7-9-17-14/h1-9,16H,10H2. The van der Waals surface area contributed by atoms with E-state index in [1.165, 1.54) is 0 Å². The van der Waals surface area contributed by atoms with Gasteiger partial charge in [-0.25, -0.2) is 9.78 Å². The van der Waals surface area contributed by atoms with Crippen LogP contribution in [0, 0.1) is 0 Å². The fraction of sp³-hybridized carbons (Fsp3) is 0.0667. The van der Waals surface area contributed by atoms with Gasteiger partial charge in [-0.05, 0) is 17.7 Å². The van der Waals surface area contributed by atoms with E-state index in [1.54, 1.807) is 12.4 Å². The van der Waals surface area contributed by atoms with Crippen molar-refractivity contribution in [3.05, 3.63) is 66.1 Å². The highest BCUT2D eigenvalue weighted by Crippen LogP contribution is 2.16. The van der Waals surface area contributed by atoms with E-state index in [4.69, 9.17) is 4.74 Å². The fourth-order valence-corrected chi connectivity index (χ4v) is 1.94. The van der Waals surface area contributed by atoms with Gasteiger partial charge < -0.3 is 9.72 Å². The quantitative estimate of drug-likeness (QED) is 0.729. The summed E-state index contributed by atoms with van der Waals surface area (Å²) in [6.45, 7) is 0.252. The zero-order chi connectivity index (χ0) is 13.1. The summed E-state index contributed by atoms with van der Waals surface area (Å²) >= 11 is 0. The maximum atomic E-state index is 12.0. The average molecular weight is 252 g/mol. The van der Waals surface area contributed by atoms with Gasteiger partial charge in [0.15, 0.2) is 5.69 Å². The topological polar surface area (TPSA) is 55.0 Å². The van der Waals surface area contributed by atoms with E-state index in [0.29, 0.717) is 5.69 Å². The highest BCUT2D eigenvalue weighted by atomic mass is 16.5. The smallest absolute Gasteiger partial charge is 0.357 e. The van der Waals surface area contributed by atoms with Crippen molar-refractivity contribution in [1.82, 2.24) is 9.97 Å². The number of hydrogen-bond donors (Lipinski definition) is 1. The molecule has 0 amide bonds. The first kappa shape index (κ1) is 11.5. The molecule has 19 heavy (non-hydrogen) atoms. The number of carbonyl (C=O) groups excluding carboxylic acids is 1. The summed E-state index contributed by atoms with van der Waals surface area (Å²) in [7, 11) is 0. The number of H-pyrrole nitrogens is 1. The van der Waals surface area contributed by atoms with Crippen LogP contribution in [0.15, 0.2) is 54.9 Å². The Bertz CT molecular complexity index is 704.